The van der Waals surface area contributed by atoms with Gasteiger partial charge in [0.15, 0.2) is 0 Å². The predicted octanol–water partition coefficient (Wildman–Crippen LogP) is 3.47. The van der Waals surface area contributed by atoms with E-state index in [0.29, 0.717) is 11.8 Å². The maximum absolute atomic E-state index is 4.87. The minimum absolute atomic E-state index is 0.372. The zero-order valence-corrected chi connectivity index (χ0v) is 11.8. The summed E-state index contributed by atoms with van der Waals surface area (Å²) in [5.74, 6) is 3.00. The Morgan fingerprint density at radius 1 is 1.10 bits per heavy atom. The van der Waals surface area contributed by atoms with Gasteiger partial charge in [0.25, 0.3) is 0 Å². The molecule has 2 aromatic rings. The average Bonchev–Trinajstić information content (AvgIpc) is 3.26. The predicted molar refractivity (Wildman–Crippen MR) is 80.2 cm³/mol. The van der Waals surface area contributed by atoms with Gasteiger partial charge >= 0.3 is 0 Å². The van der Waals surface area contributed by atoms with E-state index >= 15 is 0 Å². The molecule has 0 bridgehead atoms. The molecular weight excluding hydrogens is 246 g/mol. The van der Waals surface area contributed by atoms with E-state index in [1.54, 1.807) is 0 Å². The van der Waals surface area contributed by atoms with Crippen LogP contribution in [-0.4, -0.2) is 17.0 Å². The Balaban J connectivity index is 1.77. The number of aryl methyl sites for hydroxylation is 1. The summed E-state index contributed by atoms with van der Waals surface area (Å²) < 4.78 is 0. The first-order valence-electron chi connectivity index (χ1n) is 7.49. The maximum Gasteiger partial charge on any atom is 0.138 e. The fourth-order valence-corrected chi connectivity index (χ4v) is 3.18. The van der Waals surface area contributed by atoms with E-state index in [4.69, 9.17) is 9.97 Å². The van der Waals surface area contributed by atoms with Crippen molar-refractivity contribution in [2.24, 2.45) is 0 Å². The third-order valence-electron chi connectivity index (χ3n) is 4.46. The van der Waals surface area contributed by atoms with Crippen molar-refractivity contribution in [3.8, 4) is 0 Å². The van der Waals surface area contributed by atoms with Gasteiger partial charge in [-0.15, -0.1) is 0 Å². The Kier molecular flexibility index (Phi) is 2.72. The number of rotatable bonds is 3. The molecule has 1 atom stereocenters. The summed E-state index contributed by atoms with van der Waals surface area (Å²) in [5, 5.41) is 3.19. The summed E-state index contributed by atoms with van der Waals surface area (Å²) in [5.41, 5.74) is 4.11. The van der Waals surface area contributed by atoms with Crippen LogP contribution in [0.5, 0.6) is 0 Å². The van der Waals surface area contributed by atoms with Gasteiger partial charge in [-0.3, -0.25) is 0 Å². The molecule has 0 aliphatic heterocycles. The first-order valence-corrected chi connectivity index (χ1v) is 7.49. The quantitative estimate of drug-likeness (QED) is 0.923. The first-order chi connectivity index (χ1) is 9.85. The number of hydrogen-bond donors (Lipinski definition) is 1. The Hall–Kier alpha value is -1.90. The monoisotopic (exact) mass is 265 g/mol. The maximum atomic E-state index is 4.87. The normalized spacial score (nSPS) is 20.8. The van der Waals surface area contributed by atoms with Gasteiger partial charge in [-0.1, -0.05) is 24.3 Å². The van der Waals surface area contributed by atoms with Crippen molar-refractivity contribution in [3.63, 3.8) is 0 Å². The lowest BCUT2D eigenvalue weighted by Gasteiger charge is -2.13. The minimum Gasteiger partial charge on any atom is -0.373 e. The zero-order valence-electron chi connectivity index (χ0n) is 11.8. The summed E-state index contributed by atoms with van der Waals surface area (Å²) in [4.78, 5) is 9.59. The van der Waals surface area contributed by atoms with Crippen molar-refractivity contribution in [1.82, 2.24) is 9.97 Å². The molecule has 1 aromatic heterocycles. The molecule has 1 saturated carbocycles. The molecule has 102 valence electrons. The van der Waals surface area contributed by atoms with Crippen LogP contribution < -0.4 is 5.32 Å². The van der Waals surface area contributed by atoms with Crippen molar-refractivity contribution >= 4 is 5.82 Å². The molecular formula is C17H19N3. The van der Waals surface area contributed by atoms with E-state index in [1.807, 2.05) is 7.05 Å². The molecule has 1 heterocycles. The van der Waals surface area contributed by atoms with Crippen molar-refractivity contribution in [2.45, 2.75) is 37.5 Å². The van der Waals surface area contributed by atoms with E-state index in [9.17, 15) is 0 Å². The summed E-state index contributed by atoms with van der Waals surface area (Å²) in [7, 11) is 1.94. The Labute approximate surface area is 119 Å². The number of benzene rings is 1. The van der Waals surface area contributed by atoms with Crippen molar-refractivity contribution in [3.05, 3.63) is 53.0 Å². The molecule has 0 radical (unpaired) electrons. The minimum atomic E-state index is 0.372. The number of fused-ring (bicyclic) bond motifs is 1. The van der Waals surface area contributed by atoms with E-state index in [2.05, 4.69) is 35.6 Å². The number of nitrogens with zero attached hydrogens (tertiary/aromatic N) is 2. The largest absolute Gasteiger partial charge is 0.373 e. The molecule has 1 fully saturated rings. The molecule has 2 aliphatic rings. The van der Waals surface area contributed by atoms with Crippen molar-refractivity contribution in [2.75, 3.05) is 12.4 Å². The molecule has 2 aliphatic carbocycles. The molecule has 20 heavy (non-hydrogen) atoms. The molecule has 1 N–H and O–H groups in total. The third kappa shape index (κ3) is 1.98. The Morgan fingerprint density at radius 3 is 2.75 bits per heavy atom. The van der Waals surface area contributed by atoms with Gasteiger partial charge < -0.3 is 5.32 Å². The summed E-state index contributed by atoms with van der Waals surface area (Å²) in [6.07, 6.45) is 4.84. The highest BCUT2D eigenvalue weighted by Crippen LogP contribution is 2.41. The van der Waals surface area contributed by atoms with E-state index in [0.717, 1.165) is 24.5 Å². The van der Waals surface area contributed by atoms with Crippen LogP contribution >= 0.6 is 0 Å². The number of anilines is 1. The van der Waals surface area contributed by atoms with Crippen LogP contribution in [0.3, 0.4) is 0 Å². The fraction of sp³-hybridized carbons (Fsp3) is 0.412. The number of nitrogens with one attached hydrogen (secondary N) is 1. The van der Waals surface area contributed by atoms with Gasteiger partial charge in [-0.05, 0) is 36.8 Å². The zero-order chi connectivity index (χ0) is 13.5. The lowest BCUT2D eigenvalue weighted by Crippen LogP contribution is -2.07. The molecule has 0 amide bonds. The first kappa shape index (κ1) is 11.9. The average molecular weight is 265 g/mol. The van der Waals surface area contributed by atoms with Gasteiger partial charge in [0.05, 0.1) is 0 Å². The van der Waals surface area contributed by atoms with Crippen molar-refractivity contribution in [1.29, 1.82) is 0 Å². The van der Waals surface area contributed by atoms with Crippen LogP contribution in [0.2, 0.25) is 0 Å². The third-order valence-corrected chi connectivity index (χ3v) is 4.46. The van der Waals surface area contributed by atoms with Crippen LogP contribution in [0.4, 0.5) is 5.82 Å². The van der Waals surface area contributed by atoms with Gasteiger partial charge in [0, 0.05) is 30.6 Å². The topological polar surface area (TPSA) is 37.8 Å². The fourth-order valence-electron chi connectivity index (χ4n) is 3.18. The van der Waals surface area contributed by atoms with Gasteiger partial charge in [0.2, 0.25) is 0 Å². The van der Waals surface area contributed by atoms with E-state index < -0.39 is 0 Å². The lowest BCUT2D eigenvalue weighted by atomic mass is 10.0. The summed E-state index contributed by atoms with van der Waals surface area (Å²) in [6.45, 7) is 0. The molecule has 0 saturated heterocycles. The molecule has 3 heteroatoms. The van der Waals surface area contributed by atoms with Gasteiger partial charge in [-0.2, -0.15) is 0 Å². The molecule has 3 nitrogen and oxygen atoms in total. The summed E-state index contributed by atoms with van der Waals surface area (Å²) >= 11 is 0. The van der Waals surface area contributed by atoms with Gasteiger partial charge in [-0.25, -0.2) is 9.97 Å². The van der Waals surface area contributed by atoms with Crippen molar-refractivity contribution < 1.29 is 0 Å². The van der Waals surface area contributed by atoms with Crippen LogP contribution in [0.15, 0.2) is 30.3 Å². The standard InChI is InChI=1S/C17H19N3/c1-18-16-10-15(12-6-7-12)19-17(20-16)14-9-8-11-4-2-3-5-13(11)14/h2-5,10,12,14H,6-9H2,1H3,(H,18,19,20). The highest BCUT2D eigenvalue weighted by atomic mass is 15.0. The second-order valence-electron chi connectivity index (χ2n) is 5.85. The molecule has 0 spiro atoms. The van der Waals surface area contributed by atoms with E-state index in [-0.39, 0.29) is 0 Å². The SMILES string of the molecule is CNc1cc(C2CC2)nc(C2CCc3ccccc32)n1. The summed E-state index contributed by atoms with van der Waals surface area (Å²) in [6, 6.07) is 10.8. The van der Waals surface area contributed by atoms with Gasteiger partial charge in [0.1, 0.15) is 11.6 Å². The van der Waals surface area contributed by atoms with Crippen LogP contribution in [0.1, 0.15) is 53.7 Å². The Bertz CT molecular complexity index is 646. The van der Waals surface area contributed by atoms with Crippen LogP contribution in [-0.2, 0) is 6.42 Å². The second-order valence-corrected chi connectivity index (χ2v) is 5.85. The number of aromatic nitrogens is 2. The van der Waals surface area contributed by atoms with E-state index in [1.165, 1.54) is 29.7 Å². The highest BCUT2D eigenvalue weighted by molar-refractivity contribution is 5.43. The lowest BCUT2D eigenvalue weighted by molar-refractivity contribution is 0.719. The molecule has 1 unspecified atom stereocenters. The smallest absolute Gasteiger partial charge is 0.138 e. The molecule has 1 aromatic carbocycles. The number of hydrogen-bond acceptors (Lipinski definition) is 3. The van der Waals surface area contributed by atoms with Crippen LogP contribution in [0.25, 0.3) is 0 Å². The second kappa shape index (κ2) is 4.58. The molecule has 4 rings (SSSR count). The highest BCUT2D eigenvalue weighted by Gasteiger charge is 2.30. The van der Waals surface area contributed by atoms with Crippen LogP contribution in [0, 0.1) is 0 Å². The Morgan fingerprint density at radius 2 is 1.95 bits per heavy atom.